The van der Waals surface area contributed by atoms with Gasteiger partial charge in [0.15, 0.2) is 0 Å². The van der Waals surface area contributed by atoms with Crippen LogP contribution in [0.4, 0.5) is 0 Å². The van der Waals surface area contributed by atoms with Gasteiger partial charge in [-0.25, -0.2) is 0 Å². The highest BCUT2D eigenvalue weighted by molar-refractivity contribution is 5.74. The molecule has 0 radical (unpaired) electrons. The van der Waals surface area contributed by atoms with E-state index >= 15 is 0 Å². The summed E-state index contributed by atoms with van der Waals surface area (Å²) in [5.41, 5.74) is 0.0479. The summed E-state index contributed by atoms with van der Waals surface area (Å²) in [5, 5.41) is 3.22. The first-order valence-electron chi connectivity index (χ1n) is 4.73. The molecule has 1 atom stereocenters. The molecule has 1 N–H and O–H groups in total. The fourth-order valence-corrected chi connectivity index (χ4v) is 2.05. The van der Waals surface area contributed by atoms with Crippen LogP contribution in [-0.2, 0) is 14.3 Å². The molecule has 2 aliphatic rings. The molecule has 2 aliphatic heterocycles. The summed E-state index contributed by atoms with van der Waals surface area (Å²) in [7, 11) is 0. The molecule has 0 bridgehead atoms. The first-order valence-corrected chi connectivity index (χ1v) is 4.73. The van der Waals surface area contributed by atoms with Gasteiger partial charge in [-0.1, -0.05) is 0 Å². The Morgan fingerprint density at radius 2 is 2.46 bits per heavy atom. The molecule has 74 valence electrons. The van der Waals surface area contributed by atoms with Crippen LogP contribution in [0.5, 0.6) is 0 Å². The van der Waals surface area contributed by atoms with E-state index in [4.69, 9.17) is 9.47 Å². The van der Waals surface area contributed by atoms with Crippen LogP contribution in [0.3, 0.4) is 0 Å². The minimum absolute atomic E-state index is 0.00111. The number of carbonyl (C=O) groups is 1. The Morgan fingerprint density at radius 3 is 3.00 bits per heavy atom. The summed E-state index contributed by atoms with van der Waals surface area (Å²) in [6.45, 7) is 5.32. The van der Waals surface area contributed by atoms with Gasteiger partial charge in [0, 0.05) is 18.5 Å². The monoisotopic (exact) mass is 185 g/mol. The quantitative estimate of drug-likeness (QED) is 0.604. The molecule has 2 fully saturated rings. The van der Waals surface area contributed by atoms with E-state index in [0.29, 0.717) is 19.8 Å². The normalized spacial score (nSPS) is 30.1. The fourth-order valence-electron chi connectivity index (χ4n) is 2.05. The van der Waals surface area contributed by atoms with Gasteiger partial charge in [0.05, 0.1) is 25.7 Å². The number of hydrogen-bond donors (Lipinski definition) is 1. The second kappa shape index (κ2) is 3.27. The Balaban J connectivity index is 2.01. The van der Waals surface area contributed by atoms with Crippen molar-refractivity contribution >= 4 is 5.97 Å². The molecule has 2 heterocycles. The largest absolute Gasteiger partial charge is 0.466 e. The third-order valence-electron chi connectivity index (χ3n) is 2.91. The third-order valence-corrected chi connectivity index (χ3v) is 2.91. The van der Waals surface area contributed by atoms with Crippen molar-refractivity contribution < 1.29 is 14.3 Å². The molecule has 2 rings (SSSR count). The van der Waals surface area contributed by atoms with Gasteiger partial charge in [-0.15, -0.1) is 0 Å². The summed E-state index contributed by atoms with van der Waals surface area (Å²) in [6, 6.07) is 0. The van der Waals surface area contributed by atoms with E-state index < -0.39 is 0 Å². The third kappa shape index (κ3) is 1.34. The van der Waals surface area contributed by atoms with Crippen LogP contribution in [0, 0.1) is 11.3 Å². The van der Waals surface area contributed by atoms with Gasteiger partial charge in [0.2, 0.25) is 0 Å². The summed E-state index contributed by atoms with van der Waals surface area (Å²) >= 11 is 0. The number of ether oxygens (including phenoxy) is 2. The lowest BCUT2D eigenvalue weighted by atomic mass is 9.76. The van der Waals surface area contributed by atoms with Crippen LogP contribution in [0.25, 0.3) is 0 Å². The van der Waals surface area contributed by atoms with Gasteiger partial charge in [-0.05, 0) is 6.92 Å². The Labute approximate surface area is 77.6 Å². The van der Waals surface area contributed by atoms with Gasteiger partial charge in [0.1, 0.15) is 0 Å². The fraction of sp³-hybridized carbons (Fsp3) is 0.889. The summed E-state index contributed by atoms with van der Waals surface area (Å²) in [6.07, 6.45) is 0. The molecule has 4 nitrogen and oxygen atoms in total. The van der Waals surface area contributed by atoms with Crippen molar-refractivity contribution in [1.29, 1.82) is 0 Å². The molecule has 0 aliphatic carbocycles. The first kappa shape index (κ1) is 8.97. The molecule has 2 saturated heterocycles. The van der Waals surface area contributed by atoms with Crippen molar-refractivity contribution in [2.24, 2.45) is 11.3 Å². The maximum Gasteiger partial charge on any atom is 0.311 e. The summed E-state index contributed by atoms with van der Waals surface area (Å²) < 4.78 is 10.2. The zero-order valence-electron chi connectivity index (χ0n) is 7.84. The van der Waals surface area contributed by atoms with Crippen molar-refractivity contribution in [2.75, 3.05) is 32.9 Å². The van der Waals surface area contributed by atoms with E-state index in [1.165, 1.54) is 0 Å². The Hall–Kier alpha value is -0.610. The lowest BCUT2D eigenvalue weighted by Gasteiger charge is -2.40. The van der Waals surface area contributed by atoms with E-state index in [0.717, 1.165) is 13.1 Å². The highest BCUT2D eigenvalue weighted by atomic mass is 16.5. The van der Waals surface area contributed by atoms with Crippen molar-refractivity contribution in [2.45, 2.75) is 6.92 Å². The number of hydrogen-bond acceptors (Lipinski definition) is 4. The highest BCUT2D eigenvalue weighted by Crippen LogP contribution is 2.39. The molecule has 0 aromatic carbocycles. The zero-order valence-corrected chi connectivity index (χ0v) is 7.84. The van der Waals surface area contributed by atoms with E-state index in [1.807, 2.05) is 6.92 Å². The molecule has 1 spiro atoms. The van der Waals surface area contributed by atoms with Gasteiger partial charge >= 0.3 is 5.97 Å². The number of rotatable bonds is 2. The van der Waals surface area contributed by atoms with E-state index in [1.54, 1.807) is 0 Å². The minimum atomic E-state index is -0.0733. The Kier molecular flexibility index (Phi) is 2.26. The van der Waals surface area contributed by atoms with Gasteiger partial charge in [-0.2, -0.15) is 0 Å². The number of esters is 1. The second-order valence-electron chi connectivity index (χ2n) is 3.79. The Bertz CT molecular complexity index is 213. The molecule has 0 saturated carbocycles. The van der Waals surface area contributed by atoms with Crippen LogP contribution in [0.15, 0.2) is 0 Å². The average molecular weight is 185 g/mol. The van der Waals surface area contributed by atoms with E-state index in [-0.39, 0.29) is 17.3 Å². The molecule has 0 aromatic heterocycles. The highest BCUT2D eigenvalue weighted by Gasteiger charge is 2.52. The van der Waals surface area contributed by atoms with Crippen LogP contribution in [-0.4, -0.2) is 38.9 Å². The molecule has 0 aromatic rings. The predicted molar refractivity (Wildman–Crippen MR) is 46.2 cm³/mol. The van der Waals surface area contributed by atoms with E-state index in [9.17, 15) is 4.79 Å². The molecular formula is C9H15NO3. The van der Waals surface area contributed by atoms with Crippen molar-refractivity contribution in [3.05, 3.63) is 0 Å². The minimum Gasteiger partial charge on any atom is -0.466 e. The standard InChI is InChI=1S/C9H15NO3/c1-2-13-8(11)7-3-10-4-9(7)5-12-6-9/h7,10H,2-6H2,1H3. The van der Waals surface area contributed by atoms with Crippen molar-refractivity contribution in [3.63, 3.8) is 0 Å². The summed E-state index contributed by atoms with van der Waals surface area (Å²) in [4.78, 5) is 11.5. The smallest absolute Gasteiger partial charge is 0.311 e. The van der Waals surface area contributed by atoms with Crippen molar-refractivity contribution in [3.8, 4) is 0 Å². The van der Waals surface area contributed by atoms with Gasteiger partial charge < -0.3 is 14.8 Å². The number of nitrogens with one attached hydrogen (secondary N) is 1. The topological polar surface area (TPSA) is 47.6 Å². The SMILES string of the molecule is CCOC(=O)C1CNCC12COC2. The lowest BCUT2D eigenvalue weighted by molar-refractivity contribution is -0.169. The zero-order chi connectivity index (χ0) is 9.31. The second-order valence-corrected chi connectivity index (χ2v) is 3.79. The molecule has 4 heteroatoms. The maximum atomic E-state index is 11.5. The summed E-state index contributed by atoms with van der Waals surface area (Å²) in [5.74, 6) is -0.0722. The van der Waals surface area contributed by atoms with Crippen LogP contribution in [0.1, 0.15) is 6.92 Å². The molecular weight excluding hydrogens is 170 g/mol. The lowest BCUT2D eigenvalue weighted by Crippen LogP contribution is -2.51. The van der Waals surface area contributed by atoms with Crippen molar-refractivity contribution in [1.82, 2.24) is 5.32 Å². The molecule has 1 unspecified atom stereocenters. The van der Waals surface area contributed by atoms with Crippen LogP contribution >= 0.6 is 0 Å². The predicted octanol–water partition coefficient (Wildman–Crippen LogP) is -0.215. The average Bonchev–Trinajstić information content (AvgIpc) is 2.46. The van der Waals surface area contributed by atoms with Crippen LogP contribution < -0.4 is 5.32 Å². The molecule has 0 amide bonds. The Morgan fingerprint density at radius 1 is 1.69 bits per heavy atom. The van der Waals surface area contributed by atoms with Gasteiger partial charge in [0.25, 0.3) is 0 Å². The maximum absolute atomic E-state index is 11.5. The van der Waals surface area contributed by atoms with E-state index in [2.05, 4.69) is 5.32 Å². The molecule has 13 heavy (non-hydrogen) atoms. The first-order chi connectivity index (χ1) is 6.28. The number of carbonyl (C=O) groups excluding carboxylic acids is 1. The van der Waals surface area contributed by atoms with Crippen LogP contribution in [0.2, 0.25) is 0 Å². The van der Waals surface area contributed by atoms with Gasteiger partial charge in [-0.3, -0.25) is 4.79 Å².